The Morgan fingerprint density at radius 3 is 2.57 bits per heavy atom. The average Bonchev–Trinajstić information content (AvgIpc) is 3.12. The Morgan fingerprint density at radius 1 is 1.00 bits per heavy atom. The smallest absolute Gasteiger partial charge is 0.336 e. The molecule has 2 N–H and O–H groups in total. The van der Waals surface area contributed by atoms with Crippen LogP contribution in [0.5, 0.6) is 0 Å². The number of nitrogens with zero attached hydrogens (tertiary/aromatic N) is 1. The van der Waals surface area contributed by atoms with Crippen LogP contribution in [0.2, 0.25) is 0 Å². The number of oxazole rings is 1. The monoisotopic (exact) mass is 398 g/mol. The van der Waals surface area contributed by atoms with Crippen LogP contribution in [0.4, 0.5) is 0 Å². The van der Waals surface area contributed by atoms with Crippen LogP contribution in [0, 0.1) is 0 Å². The highest BCUT2D eigenvalue weighted by Crippen LogP contribution is 2.23. The summed E-state index contributed by atoms with van der Waals surface area (Å²) in [5.74, 6) is 0.895. The lowest BCUT2D eigenvalue weighted by atomic mass is 10.2. The topological polar surface area (TPSA) is 75.4 Å². The molecule has 1 aromatic heterocycles. The number of nitrogens with one attached hydrogen (secondary N) is 1. The van der Waals surface area contributed by atoms with Gasteiger partial charge in [-0.2, -0.15) is 0 Å². The summed E-state index contributed by atoms with van der Waals surface area (Å²) in [4.78, 5) is 16.5. The highest BCUT2D eigenvalue weighted by molar-refractivity contribution is 7.99. The molecule has 0 radical (unpaired) electrons. The predicted molar refractivity (Wildman–Crippen MR) is 113 cm³/mol. The number of hydrogen-bond acceptors (Lipinski definition) is 5. The van der Waals surface area contributed by atoms with Crippen molar-refractivity contribution in [1.82, 2.24) is 10.3 Å². The van der Waals surface area contributed by atoms with Crippen molar-refractivity contribution in [2.45, 2.75) is 37.0 Å². The van der Waals surface area contributed by atoms with E-state index >= 15 is 0 Å². The lowest BCUT2D eigenvalue weighted by molar-refractivity contribution is 0.0693. The van der Waals surface area contributed by atoms with Gasteiger partial charge in [-0.05, 0) is 68.8 Å². The van der Waals surface area contributed by atoms with Crippen LogP contribution in [0.15, 0.2) is 57.8 Å². The fourth-order valence-electron chi connectivity index (χ4n) is 2.98. The zero-order chi connectivity index (χ0) is 19.6. The van der Waals surface area contributed by atoms with Crippen LogP contribution in [0.25, 0.3) is 11.1 Å². The molecule has 0 unspecified atom stereocenters. The van der Waals surface area contributed by atoms with E-state index in [0.29, 0.717) is 5.56 Å². The molecule has 5 nitrogen and oxygen atoms in total. The standard InChI is InChI=1S/C22H26N2O3S/c25-22(26)17-9-1-4-12-20(17)28-16-8-7-15-23-14-6-5-13-21-24-18-10-2-3-11-19(18)27-21/h1-4,9-12,23H,5-8,13-16H2,(H,25,26). The molecule has 0 aliphatic carbocycles. The minimum Gasteiger partial charge on any atom is -0.478 e. The van der Waals surface area contributed by atoms with Gasteiger partial charge in [-0.25, -0.2) is 9.78 Å². The van der Waals surface area contributed by atoms with E-state index in [1.54, 1.807) is 23.9 Å². The zero-order valence-electron chi connectivity index (χ0n) is 15.9. The third kappa shape index (κ3) is 6.11. The number of carboxylic acid groups (broad SMARTS) is 1. The van der Waals surface area contributed by atoms with Gasteiger partial charge < -0.3 is 14.8 Å². The highest BCUT2D eigenvalue weighted by Gasteiger charge is 2.08. The Hall–Kier alpha value is -2.31. The van der Waals surface area contributed by atoms with Crippen molar-refractivity contribution in [3.05, 3.63) is 60.0 Å². The van der Waals surface area contributed by atoms with Gasteiger partial charge >= 0.3 is 5.97 Å². The summed E-state index contributed by atoms with van der Waals surface area (Å²) < 4.78 is 5.73. The summed E-state index contributed by atoms with van der Waals surface area (Å²) in [6.07, 6.45) is 5.18. The fraction of sp³-hybridized carbons (Fsp3) is 0.364. The summed E-state index contributed by atoms with van der Waals surface area (Å²) >= 11 is 1.62. The van der Waals surface area contributed by atoms with Crippen molar-refractivity contribution >= 4 is 28.8 Å². The molecule has 2 aromatic carbocycles. The third-order valence-electron chi connectivity index (χ3n) is 4.46. The Morgan fingerprint density at radius 2 is 1.75 bits per heavy atom. The first-order valence-electron chi connectivity index (χ1n) is 9.74. The molecule has 0 atom stereocenters. The zero-order valence-corrected chi connectivity index (χ0v) is 16.7. The Bertz CT molecular complexity index is 861. The van der Waals surface area contributed by atoms with Gasteiger partial charge in [0, 0.05) is 11.3 Å². The van der Waals surface area contributed by atoms with Crippen LogP contribution in [0.3, 0.4) is 0 Å². The number of aromatic carboxylic acids is 1. The van der Waals surface area contributed by atoms with Gasteiger partial charge in [-0.3, -0.25) is 0 Å². The largest absolute Gasteiger partial charge is 0.478 e. The minimum atomic E-state index is -0.859. The maximum atomic E-state index is 11.2. The molecule has 0 amide bonds. The second kappa shape index (κ2) is 10.9. The van der Waals surface area contributed by atoms with Gasteiger partial charge in [0.1, 0.15) is 5.52 Å². The molecule has 3 aromatic rings. The van der Waals surface area contributed by atoms with Crippen molar-refractivity contribution < 1.29 is 14.3 Å². The summed E-state index contributed by atoms with van der Waals surface area (Å²) in [7, 11) is 0. The van der Waals surface area contributed by atoms with Crippen LogP contribution in [0.1, 0.15) is 41.9 Å². The van der Waals surface area contributed by atoms with Crippen LogP contribution in [-0.2, 0) is 6.42 Å². The van der Waals surface area contributed by atoms with Gasteiger partial charge in [0.2, 0.25) is 0 Å². The normalized spacial score (nSPS) is 11.1. The quantitative estimate of drug-likeness (QED) is 0.330. The molecular weight excluding hydrogens is 372 g/mol. The van der Waals surface area contributed by atoms with E-state index in [4.69, 9.17) is 4.42 Å². The molecule has 0 saturated heterocycles. The third-order valence-corrected chi connectivity index (χ3v) is 5.62. The number of aryl methyl sites for hydroxylation is 1. The lowest BCUT2D eigenvalue weighted by Crippen LogP contribution is -2.16. The maximum absolute atomic E-state index is 11.2. The molecule has 3 rings (SSSR count). The van der Waals surface area contributed by atoms with Crippen LogP contribution in [-0.4, -0.2) is 34.9 Å². The molecule has 28 heavy (non-hydrogen) atoms. The highest BCUT2D eigenvalue weighted by atomic mass is 32.2. The number of unbranched alkanes of at least 4 members (excludes halogenated alkanes) is 2. The Labute approximate surface area is 169 Å². The van der Waals surface area contributed by atoms with Gasteiger partial charge in [-0.1, -0.05) is 24.3 Å². The van der Waals surface area contributed by atoms with Crippen molar-refractivity contribution in [1.29, 1.82) is 0 Å². The molecule has 6 heteroatoms. The minimum absolute atomic E-state index is 0.393. The van der Waals surface area contributed by atoms with E-state index in [-0.39, 0.29) is 0 Å². The van der Waals surface area contributed by atoms with Gasteiger partial charge in [0.15, 0.2) is 11.5 Å². The Kier molecular flexibility index (Phi) is 7.94. The first-order chi connectivity index (χ1) is 13.7. The summed E-state index contributed by atoms with van der Waals surface area (Å²) in [6, 6.07) is 15.1. The van der Waals surface area contributed by atoms with E-state index in [9.17, 15) is 9.90 Å². The van der Waals surface area contributed by atoms with E-state index in [0.717, 1.165) is 72.8 Å². The number of fused-ring (bicyclic) bond motifs is 1. The van der Waals surface area contributed by atoms with Crippen LogP contribution < -0.4 is 5.32 Å². The van der Waals surface area contributed by atoms with E-state index in [2.05, 4.69) is 10.3 Å². The van der Waals surface area contributed by atoms with Gasteiger partial charge in [0.25, 0.3) is 0 Å². The van der Waals surface area contributed by atoms with Crippen LogP contribution >= 0.6 is 11.8 Å². The molecule has 0 aliphatic heterocycles. The summed E-state index contributed by atoms with van der Waals surface area (Å²) in [5, 5.41) is 12.7. The van der Waals surface area contributed by atoms with Crippen molar-refractivity contribution in [2.75, 3.05) is 18.8 Å². The fourth-order valence-corrected chi connectivity index (χ4v) is 4.04. The van der Waals surface area contributed by atoms with Gasteiger partial charge in [0.05, 0.1) is 5.56 Å². The number of aromatic nitrogens is 1. The molecule has 0 fully saturated rings. The van der Waals surface area contributed by atoms with E-state index in [1.165, 1.54) is 0 Å². The van der Waals surface area contributed by atoms with E-state index in [1.807, 2.05) is 36.4 Å². The second-order valence-electron chi connectivity index (χ2n) is 6.64. The van der Waals surface area contributed by atoms with Gasteiger partial charge in [-0.15, -0.1) is 11.8 Å². The average molecular weight is 399 g/mol. The molecule has 0 aliphatic rings. The number of benzene rings is 2. The molecule has 0 bridgehead atoms. The van der Waals surface area contributed by atoms with Crippen molar-refractivity contribution in [2.24, 2.45) is 0 Å². The molecular formula is C22H26N2O3S. The van der Waals surface area contributed by atoms with Crippen molar-refractivity contribution in [3.8, 4) is 0 Å². The lowest BCUT2D eigenvalue weighted by Gasteiger charge is -2.06. The first-order valence-corrected chi connectivity index (χ1v) is 10.7. The molecule has 1 heterocycles. The number of carboxylic acids is 1. The SMILES string of the molecule is O=C(O)c1ccccc1SCCCCNCCCCc1nc2ccccc2o1. The predicted octanol–water partition coefficient (Wildman–Crippen LogP) is 5.01. The summed E-state index contributed by atoms with van der Waals surface area (Å²) in [5.41, 5.74) is 2.18. The second-order valence-corrected chi connectivity index (χ2v) is 7.78. The number of thioether (sulfide) groups is 1. The number of carbonyl (C=O) groups is 1. The summed E-state index contributed by atoms with van der Waals surface area (Å²) in [6.45, 7) is 1.99. The molecule has 0 spiro atoms. The molecule has 148 valence electrons. The Balaban J connectivity index is 1.22. The van der Waals surface area contributed by atoms with Crippen molar-refractivity contribution in [3.63, 3.8) is 0 Å². The maximum Gasteiger partial charge on any atom is 0.336 e. The first kappa shape index (κ1) is 20.4. The molecule has 0 saturated carbocycles. The number of para-hydroxylation sites is 2. The number of rotatable bonds is 12. The van der Waals surface area contributed by atoms with E-state index < -0.39 is 5.97 Å². The number of hydrogen-bond donors (Lipinski definition) is 2.